The van der Waals surface area contributed by atoms with Crippen LogP contribution in [0.3, 0.4) is 0 Å². The average molecular weight is 264 g/mol. The highest BCUT2D eigenvalue weighted by Crippen LogP contribution is 2.40. The quantitative estimate of drug-likeness (QED) is 0.908. The number of aliphatic hydroxyl groups is 1. The molecule has 106 valence electrons. The average Bonchev–Trinajstić information content (AvgIpc) is 2.46. The third-order valence-corrected chi connectivity index (χ3v) is 4.37. The number of ether oxygens (including phenoxy) is 1. The van der Waals surface area contributed by atoms with E-state index < -0.39 is 6.10 Å². The molecule has 1 aromatic rings. The summed E-state index contributed by atoms with van der Waals surface area (Å²) in [5.74, 6) is 2.26. The number of aliphatic hydroxyl groups excluding tert-OH is 1. The zero-order chi connectivity index (χ0) is 13.8. The van der Waals surface area contributed by atoms with E-state index in [1.807, 2.05) is 0 Å². The fourth-order valence-corrected chi connectivity index (χ4v) is 3.05. The van der Waals surface area contributed by atoms with Crippen LogP contribution >= 0.6 is 0 Å². The Bertz CT molecular complexity index is 401. The molecule has 1 heterocycles. The highest BCUT2D eigenvalue weighted by atomic mass is 16.5. The molecule has 1 saturated carbocycles. The molecule has 0 aromatic carbocycles. The van der Waals surface area contributed by atoms with Gasteiger partial charge in [0.1, 0.15) is 11.8 Å². The summed E-state index contributed by atoms with van der Waals surface area (Å²) < 4.78 is 5.18. The maximum Gasteiger partial charge on any atom is 0.238 e. The minimum absolute atomic E-state index is 0.278. The zero-order valence-electron chi connectivity index (χ0n) is 12.0. The Morgan fingerprint density at radius 1 is 1.11 bits per heavy atom. The number of hydrogen-bond donors (Lipinski definition) is 1. The molecule has 0 spiro atoms. The highest BCUT2D eigenvalue weighted by Gasteiger charge is 2.30. The van der Waals surface area contributed by atoms with Gasteiger partial charge in [0.15, 0.2) is 0 Å². The van der Waals surface area contributed by atoms with Crippen molar-refractivity contribution in [3.05, 3.63) is 18.1 Å². The summed E-state index contributed by atoms with van der Waals surface area (Å²) in [5, 5.41) is 10.5. The van der Waals surface area contributed by atoms with Crippen LogP contribution in [0.15, 0.2) is 12.4 Å². The van der Waals surface area contributed by atoms with E-state index in [0.717, 1.165) is 24.7 Å². The summed E-state index contributed by atoms with van der Waals surface area (Å²) in [4.78, 5) is 8.35. The van der Waals surface area contributed by atoms with Crippen LogP contribution in [-0.2, 0) is 0 Å². The van der Waals surface area contributed by atoms with Gasteiger partial charge in [0, 0.05) is 12.4 Å². The van der Waals surface area contributed by atoms with E-state index in [1.54, 1.807) is 19.5 Å². The molecule has 1 aromatic heterocycles. The van der Waals surface area contributed by atoms with Gasteiger partial charge in [-0.25, -0.2) is 4.98 Å². The van der Waals surface area contributed by atoms with E-state index >= 15 is 0 Å². The third-order valence-electron chi connectivity index (χ3n) is 4.37. The second-order valence-electron chi connectivity index (χ2n) is 5.81. The second kappa shape index (κ2) is 6.33. The molecule has 2 rings (SSSR count). The molecule has 4 nitrogen and oxygen atoms in total. The van der Waals surface area contributed by atoms with Gasteiger partial charge < -0.3 is 9.84 Å². The Morgan fingerprint density at radius 3 is 2.26 bits per heavy atom. The molecule has 4 heteroatoms. The van der Waals surface area contributed by atoms with Gasteiger partial charge in [-0.1, -0.05) is 13.8 Å². The van der Waals surface area contributed by atoms with Gasteiger partial charge in [0.2, 0.25) is 5.88 Å². The highest BCUT2D eigenvalue weighted by molar-refractivity contribution is 5.20. The molecular weight excluding hydrogens is 240 g/mol. The number of nitrogens with zero attached hydrogens (tertiary/aromatic N) is 2. The van der Waals surface area contributed by atoms with Crippen LogP contribution in [-0.4, -0.2) is 22.2 Å². The van der Waals surface area contributed by atoms with Crippen LogP contribution in [0.1, 0.15) is 51.3 Å². The predicted octanol–water partition coefficient (Wildman–Crippen LogP) is 2.98. The number of aromatic nitrogens is 2. The lowest BCUT2D eigenvalue weighted by atomic mass is 9.75. The van der Waals surface area contributed by atoms with Gasteiger partial charge >= 0.3 is 0 Å². The van der Waals surface area contributed by atoms with Crippen molar-refractivity contribution in [1.82, 2.24) is 9.97 Å². The van der Waals surface area contributed by atoms with Crippen molar-refractivity contribution in [2.75, 3.05) is 7.11 Å². The Kier molecular flexibility index (Phi) is 4.75. The first-order valence-corrected chi connectivity index (χ1v) is 7.16. The minimum Gasteiger partial charge on any atom is -0.480 e. The molecule has 0 aliphatic heterocycles. The number of methoxy groups -OCH3 is 1. The first-order chi connectivity index (χ1) is 9.13. The molecule has 1 unspecified atom stereocenters. The van der Waals surface area contributed by atoms with Crippen molar-refractivity contribution in [2.24, 2.45) is 17.8 Å². The topological polar surface area (TPSA) is 55.2 Å². The molecule has 0 bridgehead atoms. The molecule has 1 aliphatic rings. The summed E-state index contributed by atoms with van der Waals surface area (Å²) in [5.41, 5.74) is 0.581. The number of rotatable bonds is 4. The summed E-state index contributed by atoms with van der Waals surface area (Å²) >= 11 is 0. The maximum atomic E-state index is 10.5. The smallest absolute Gasteiger partial charge is 0.238 e. The Balaban J connectivity index is 2.03. The Hall–Kier alpha value is -1.16. The lowest BCUT2D eigenvalue weighted by Gasteiger charge is -2.33. The molecule has 1 atom stereocenters. The van der Waals surface area contributed by atoms with Crippen molar-refractivity contribution in [1.29, 1.82) is 0 Å². The zero-order valence-corrected chi connectivity index (χ0v) is 12.0. The lowest BCUT2D eigenvalue weighted by molar-refractivity contribution is 0.0610. The van der Waals surface area contributed by atoms with Gasteiger partial charge in [-0.15, -0.1) is 0 Å². The molecule has 1 N–H and O–H groups in total. The van der Waals surface area contributed by atoms with E-state index in [-0.39, 0.29) is 5.92 Å². The molecule has 0 amide bonds. The summed E-state index contributed by atoms with van der Waals surface area (Å²) in [7, 11) is 1.57. The SMILES string of the molecule is COc1nccnc1C(O)C1CCC(C(C)C)CC1. The normalized spacial score (nSPS) is 25.3. The van der Waals surface area contributed by atoms with Crippen molar-refractivity contribution in [3.63, 3.8) is 0 Å². The van der Waals surface area contributed by atoms with E-state index in [4.69, 9.17) is 4.74 Å². The van der Waals surface area contributed by atoms with E-state index in [1.165, 1.54) is 12.8 Å². The standard InChI is InChI=1S/C15H24N2O2/c1-10(2)11-4-6-12(7-5-11)14(18)13-15(19-3)17-9-8-16-13/h8-12,14,18H,4-7H2,1-3H3. The molecular formula is C15H24N2O2. The molecule has 1 fully saturated rings. The minimum atomic E-state index is -0.559. The van der Waals surface area contributed by atoms with Crippen LogP contribution in [0.5, 0.6) is 5.88 Å². The second-order valence-corrected chi connectivity index (χ2v) is 5.81. The van der Waals surface area contributed by atoms with Crippen LogP contribution in [0.4, 0.5) is 0 Å². The van der Waals surface area contributed by atoms with Crippen LogP contribution in [0.25, 0.3) is 0 Å². The molecule has 1 aliphatic carbocycles. The van der Waals surface area contributed by atoms with Crippen LogP contribution < -0.4 is 4.74 Å². The van der Waals surface area contributed by atoms with Gasteiger partial charge in [0.05, 0.1) is 7.11 Å². The van der Waals surface area contributed by atoms with Gasteiger partial charge in [-0.05, 0) is 43.4 Å². The van der Waals surface area contributed by atoms with Gasteiger partial charge in [-0.3, -0.25) is 4.98 Å². The summed E-state index contributed by atoms with van der Waals surface area (Å²) in [6.07, 6.45) is 7.15. The van der Waals surface area contributed by atoms with Gasteiger partial charge in [0.25, 0.3) is 0 Å². The van der Waals surface area contributed by atoms with E-state index in [0.29, 0.717) is 11.6 Å². The van der Waals surface area contributed by atoms with Crippen LogP contribution in [0.2, 0.25) is 0 Å². The van der Waals surface area contributed by atoms with E-state index in [9.17, 15) is 5.11 Å². The molecule has 0 radical (unpaired) electrons. The van der Waals surface area contributed by atoms with Gasteiger partial charge in [-0.2, -0.15) is 0 Å². The number of hydrogen-bond acceptors (Lipinski definition) is 4. The lowest BCUT2D eigenvalue weighted by Crippen LogP contribution is -2.23. The Morgan fingerprint density at radius 2 is 1.68 bits per heavy atom. The van der Waals surface area contributed by atoms with Crippen molar-refractivity contribution < 1.29 is 9.84 Å². The third kappa shape index (κ3) is 3.24. The molecule has 19 heavy (non-hydrogen) atoms. The Labute approximate surface area is 115 Å². The maximum absolute atomic E-state index is 10.5. The largest absolute Gasteiger partial charge is 0.480 e. The summed E-state index contributed by atoms with van der Waals surface area (Å²) in [6, 6.07) is 0. The van der Waals surface area contributed by atoms with Crippen molar-refractivity contribution in [2.45, 2.75) is 45.6 Å². The first-order valence-electron chi connectivity index (χ1n) is 7.16. The fourth-order valence-electron chi connectivity index (χ4n) is 3.05. The molecule has 0 saturated heterocycles. The summed E-state index contributed by atoms with van der Waals surface area (Å²) in [6.45, 7) is 4.57. The van der Waals surface area contributed by atoms with Crippen LogP contribution in [0, 0.1) is 17.8 Å². The van der Waals surface area contributed by atoms with Crippen molar-refractivity contribution >= 4 is 0 Å². The van der Waals surface area contributed by atoms with Crippen molar-refractivity contribution in [3.8, 4) is 5.88 Å². The first kappa shape index (κ1) is 14.3. The fraction of sp³-hybridized carbons (Fsp3) is 0.733. The van der Waals surface area contributed by atoms with E-state index in [2.05, 4.69) is 23.8 Å². The monoisotopic (exact) mass is 264 g/mol. The predicted molar refractivity (Wildman–Crippen MR) is 73.8 cm³/mol.